The van der Waals surface area contributed by atoms with Crippen LogP contribution in [0.5, 0.6) is 0 Å². The summed E-state index contributed by atoms with van der Waals surface area (Å²) in [7, 11) is 1.23. The van der Waals surface area contributed by atoms with E-state index < -0.39 is 11.5 Å². The number of pyridine rings is 1. The highest BCUT2D eigenvalue weighted by molar-refractivity contribution is 7.71. The minimum absolute atomic E-state index is 0.00502. The lowest BCUT2D eigenvalue weighted by molar-refractivity contribution is 0.0603. The standard InChI is InChI=1S/C14H16ClN3O3S/c1-5-6(2)18-11-9(12(19)17-14(18)22)8(13(20)21-4)10(15)7(3)16-11/h6H,5H2,1-4H3,(H,17,19,22). The number of nitrogens with zero attached hydrogens (tertiary/aromatic N) is 2. The average molecular weight is 342 g/mol. The summed E-state index contributed by atoms with van der Waals surface area (Å²) in [4.78, 5) is 31.3. The van der Waals surface area contributed by atoms with Gasteiger partial charge in [-0.3, -0.25) is 14.3 Å². The van der Waals surface area contributed by atoms with E-state index in [1.54, 1.807) is 11.5 Å². The van der Waals surface area contributed by atoms with Gasteiger partial charge in [0.15, 0.2) is 4.77 Å². The van der Waals surface area contributed by atoms with Crippen molar-refractivity contribution in [1.29, 1.82) is 0 Å². The fraction of sp³-hybridized carbons (Fsp3) is 0.429. The first-order chi connectivity index (χ1) is 10.3. The number of fused-ring (bicyclic) bond motifs is 1. The van der Waals surface area contributed by atoms with Crippen molar-refractivity contribution in [2.75, 3.05) is 7.11 Å². The molecule has 1 unspecified atom stereocenters. The molecule has 8 heteroatoms. The molecule has 0 saturated heterocycles. The second kappa shape index (κ2) is 6.18. The predicted octanol–water partition coefficient (Wildman–Crippen LogP) is 3.17. The average Bonchev–Trinajstić information content (AvgIpc) is 2.48. The minimum atomic E-state index is -0.682. The van der Waals surface area contributed by atoms with Gasteiger partial charge in [0.05, 0.1) is 28.8 Å². The van der Waals surface area contributed by atoms with Crippen molar-refractivity contribution in [3.63, 3.8) is 0 Å². The first-order valence-corrected chi connectivity index (χ1v) is 7.55. The molecule has 1 atom stereocenters. The Bertz CT molecular complexity index is 872. The molecule has 22 heavy (non-hydrogen) atoms. The summed E-state index contributed by atoms with van der Waals surface area (Å²) >= 11 is 11.4. The maximum atomic E-state index is 12.3. The van der Waals surface area contributed by atoms with Crippen molar-refractivity contribution in [3.8, 4) is 0 Å². The Morgan fingerprint density at radius 3 is 2.73 bits per heavy atom. The number of H-pyrrole nitrogens is 1. The molecule has 6 nitrogen and oxygen atoms in total. The Kier molecular flexibility index (Phi) is 4.67. The van der Waals surface area contributed by atoms with Gasteiger partial charge in [-0.15, -0.1) is 0 Å². The summed E-state index contributed by atoms with van der Waals surface area (Å²) < 4.78 is 6.74. The lowest BCUT2D eigenvalue weighted by Crippen LogP contribution is -2.21. The third kappa shape index (κ3) is 2.55. The van der Waals surface area contributed by atoms with Crippen LogP contribution in [-0.4, -0.2) is 27.6 Å². The summed E-state index contributed by atoms with van der Waals surface area (Å²) in [6.45, 7) is 5.61. The normalized spacial score (nSPS) is 12.4. The molecule has 0 spiro atoms. The van der Waals surface area contributed by atoms with Gasteiger partial charge in [0.25, 0.3) is 5.56 Å². The van der Waals surface area contributed by atoms with Crippen LogP contribution in [-0.2, 0) is 4.74 Å². The Hall–Kier alpha value is -1.73. The van der Waals surface area contributed by atoms with Crippen molar-refractivity contribution >= 4 is 40.8 Å². The quantitative estimate of drug-likeness (QED) is 0.685. The van der Waals surface area contributed by atoms with Crippen molar-refractivity contribution in [2.45, 2.75) is 33.2 Å². The number of aromatic amines is 1. The van der Waals surface area contributed by atoms with Gasteiger partial charge in [0.2, 0.25) is 0 Å². The van der Waals surface area contributed by atoms with Crippen LogP contribution in [0, 0.1) is 11.7 Å². The van der Waals surface area contributed by atoms with Crippen LogP contribution in [0.1, 0.15) is 42.4 Å². The molecule has 1 N–H and O–H groups in total. The third-order valence-electron chi connectivity index (χ3n) is 3.60. The predicted molar refractivity (Wildman–Crippen MR) is 87.3 cm³/mol. The summed E-state index contributed by atoms with van der Waals surface area (Å²) in [5.74, 6) is -0.682. The van der Waals surface area contributed by atoms with E-state index in [0.29, 0.717) is 11.3 Å². The molecular formula is C14H16ClN3O3S. The molecule has 0 aliphatic carbocycles. The van der Waals surface area contributed by atoms with E-state index in [1.807, 2.05) is 13.8 Å². The van der Waals surface area contributed by atoms with E-state index in [2.05, 4.69) is 9.97 Å². The number of hydrogen-bond donors (Lipinski definition) is 1. The van der Waals surface area contributed by atoms with Gasteiger partial charge in [-0.1, -0.05) is 18.5 Å². The van der Waals surface area contributed by atoms with Crippen molar-refractivity contribution in [2.24, 2.45) is 0 Å². The molecule has 2 aromatic heterocycles. The summed E-state index contributed by atoms with van der Waals surface area (Å²) in [5.41, 5.74) is 0.284. The van der Waals surface area contributed by atoms with Gasteiger partial charge < -0.3 is 4.74 Å². The fourth-order valence-corrected chi connectivity index (χ4v) is 2.83. The fourth-order valence-electron chi connectivity index (χ4n) is 2.26. The highest BCUT2D eigenvalue weighted by Gasteiger charge is 2.23. The van der Waals surface area contributed by atoms with Crippen LogP contribution < -0.4 is 5.56 Å². The van der Waals surface area contributed by atoms with Gasteiger partial charge in [-0.05, 0) is 32.5 Å². The number of halogens is 1. The molecule has 2 heterocycles. The largest absolute Gasteiger partial charge is 0.465 e. The van der Waals surface area contributed by atoms with Crippen LogP contribution >= 0.6 is 23.8 Å². The van der Waals surface area contributed by atoms with Gasteiger partial charge in [0.1, 0.15) is 5.65 Å². The number of ether oxygens (including phenoxy) is 1. The Morgan fingerprint density at radius 1 is 1.55 bits per heavy atom. The smallest absolute Gasteiger partial charge is 0.340 e. The van der Waals surface area contributed by atoms with E-state index in [-0.39, 0.29) is 26.8 Å². The number of nitrogens with one attached hydrogen (secondary N) is 1. The van der Waals surface area contributed by atoms with E-state index in [0.717, 1.165) is 6.42 Å². The molecule has 0 aromatic carbocycles. The Labute approximate surface area is 137 Å². The number of aryl methyl sites for hydroxylation is 1. The molecule has 2 aromatic rings. The van der Waals surface area contributed by atoms with Crippen molar-refractivity contribution in [1.82, 2.24) is 14.5 Å². The Balaban J connectivity index is 3.11. The highest BCUT2D eigenvalue weighted by Crippen LogP contribution is 2.27. The zero-order valence-corrected chi connectivity index (χ0v) is 14.3. The molecule has 0 radical (unpaired) electrons. The number of carbonyl (C=O) groups excluding carboxylic acids is 1. The van der Waals surface area contributed by atoms with E-state index in [9.17, 15) is 9.59 Å². The number of carbonyl (C=O) groups is 1. The maximum Gasteiger partial charge on any atom is 0.340 e. The van der Waals surface area contributed by atoms with Crippen LogP contribution in [0.15, 0.2) is 4.79 Å². The number of methoxy groups -OCH3 is 1. The third-order valence-corrected chi connectivity index (χ3v) is 4.36. The van der Waals surface area contributed by atoms with Gasteiger partial charge in [-0.2, -0.15) is 0 Å². The summed E-state index contributed by atoms with van der Waals surface area (Å²) in [6, 6.07) is 0.00502. The molecule has 0 amide bonds. The molecule has 0 bridgehead atoms. The van der Waals surface area contributed by atoms with E-state index >= 15 is 0 Å². The second-order valence-electron chi connectivity index (χ2n) is 4.96. The number of hydrogen-bond acceptors (Lipinski definition) is 5. The molecule has 118 valence electrons. The van der Waals surface area contributed by atoms with Gasteiger partial charge in [0, 0.05) is 6.04 Å². The molecular weight excluding hydrogens is 326 g/mol. The second-order valence-corrected chi connectivity index (χ2v) is 5.73. The zero-order chi connectivity index (χ0) is 16.6. The molecule has 0 saturated carbocycles. The number of rotatable bonds is 3. The molecule has 0 fully saturated rings. The SMILES string of the molecule is CCC(C)n1c(=S)[nH]c(=O)c2c(C(=O)OC)c(Cl)c(C)nc21. The van der Waals surface area contributed by atoms with Crippen LogP contribution in [0.3, 0.4) is 0 Å². The van der Waals surface area contributed by atoms with E-state index in [4.69, 9.17) is 28.6 Å². The van der Waals surface area contributed by atoms with Crippen LogP contribution in [0.2, 0.25) is 5.02 Å². The van der Waals surface area contributed by atoms with Crippen LogP contribution in [0.25, 0.3) is 11.0 Å². The van der Waals surface area contributed by atoms with Gasteiger partial charge >= 0.3 is 5.97 Å². The maximum absolute atomic E-state index is 12.3. The minimum Gasteiger partial charge on any atom is -0.465 e. The Morgan fingerprint density at radius 2 is 2.18 bits per heavy atom. The molecule has 2 rings (SSSR count). The lowest BCUT2D eigenvalue weighted by atomic mass is 10.1. The van der Waals surface area contributed by atoms with Gasteiger partial charge in [-0.25, -0.2) is 9.78 Å². The molecule has 0 aliphatic heterocycles. The lowest BCUT2D eigenvalue weighted by Gasteiger charge is -2.18. The molecule has 0 aliphatic rings. The van der Waals surface area contributed by atoms with Crippen molar-refractivity contribution in [3.05, 3.63) is 31.4 Å². The first kappa shape index (κ1) is 16.6. The zero-order valence-electron chi connectivity index (χ0n) is 12.7. The first-order valence-electron chi connectivity index (χ1n) is 6.76. The number of esters is 1. The highest BCUT2D eigenvalue weighted by atomic mass is 35.5. The monoisotopic (exact) mass is 341 g/mol. The van der Waals surface area contributed by atoms with Crippen LogP contribution in [0.4, 0.5) is 0 Å². The summed E-state index contributed by atoms with van der Waals surface area (Å²) in [6.07, 6.45) is 0.784. The number of aromatic nitrogens is 3. The topological polar surface area (TPSA) is 77.0 Å². The van der Waals surface area contributed by atoms with E-state index in [1.165, 1.54) is 7.11 Å². The van der Waals surface area contributed by atoms with Crippen molar-refractivity contribution < 1.29 is 9.53 Å². The summed E-state index contributed by atoms with van der Waals surface area (Å²) in [5, 5.41) is 0.203.